The van der Waals surface area contributed by atoms with Gasteiger partial charge in [0.05, 0.1) is 5.56 Å². The molecule has 0 bridgehead atoms. The summed E-state index contributed by atoms with van der Waals surface area (Å²) in [5, 5.41) is 0. The van der Waals surface area contributed by atoms with E-state index in [1.807, 2.05) is 37.3 Å². The van der Waals surface area contributed by atoms with Gasteiger partial charge in [-0.15, -0.1) is 6.58 Å². The zero-order chi connectivity index (χ0) is 18.5. The van der Waals surface area contributed by atoms with E-state index in [0.29, 0.717) is 12.0 Å². The number of halogens is 1. The van der Waals surface area contributed by atoms with Crippen LogP contribution in [-0.4, -0.2) is 0 Å². The summed E-state index contributed by atoms with van der Waals surface area (Å²) in [5.41, 5.74) is 6.65. The first kappa shape index (κ1) is 17.7. The quantitative estimate of drug-likeness (QED) is 0.391. The van der Waals surface area contributed by atoms with Crippen LogP contribution in [0, 0.1) is 31.5 Å². The van der Waals surface area contributed by atoms with Crippen molar-refractivity contribution in [3.8, 4) is 23.0 Å². The van der Waals surface area contributed by atoms with Gasteiger partial charge >= 0.3 is 0 Å². The monoisotopic (exact) mass is 340 g/mol. The standard InChI is InChI=1S/C25H21F/c1-4-5-23-16-19(3)17-25(26)24(23)15-10-20-8-13-22(14-9-20)21-11-6-18(2)7-12-21/h4,6-9,11-14,16-17H,1,5H2,2-3H3. The Bertz CT molecular complexity index is 981. The molecule has 26 heavy (non-hydrogen) atoms. The molecule has 0 fully saturated rings. The van der Waals surface area contributed by atoms with Crippen molar-refractivity contribution in [3.63, 3.8) is 0 Å². The van der Waals surface area contributed by atoms with E-state index in [1.165, 1.54) is 17.2 Å². The molecule has 0 spiro atoms. The van der Waals surface area contributed by atoms with Crippen LogP contribution in [-0.2, 0) is 6.42 Å². The minimum atomic E-state index is -0.273. The van der Waals surface area contributed by atoms with E-state index in [2.05, 4.69) is 49.6 Å². The lowest BCUT2D eigenvalue weighted by molar-refractivity contribution is 0.621. The molecule has 0 aliphatic rings. The molecular weight excluding hydrogens is 319 g/mol. The number of hydrogen-bond donors (Lipinski definition) is 0. The van der Waals surface area contributed by atoms with Gasteiger partial charge in [-0.25, -0.2) is 4.39 Å². The summed E-state index contributed by atoms with van der Waals surface area (Å²) in [6, 6.07) is 20.0. The van der Waals surface area contributed by atoms with Crippen molar-refractivity contribution in [3.05, 3.63) is 107 Å². The Morgan fingerprint density at radius 1 is 0.846 bits per heavy atom. The van der Waals surface area contributed by atoms with Crippen LogP contribution in [0.15, 0.2) is 73.3 Å². The predicted molar refractivity (Wildman–Crippen MR) is 108 cm³/mol. The maximum Gasteiger partial charge on any atom is 0.139 e. The van der Waals surface area contributed by atoms with Gasteiger partial charge in [-0.1, -0.05) is 65.9 Å². The van der Waals surface area contributed by atoms with E-state index >= 15 is 0 Å². The van der Waals surface area contributed by atoms with Crippen LogP contribution in [0.3, 0.4) is 0 Å². The second kappa shape index (κ2) is 7.85. The summed E-state index contributed by atoms with van der Waals surface area (Å²) in [6.45, 7) is 7.71. The molecular formula is C25H21F. The van der Waals surface area contributed by atoms with Gasteiger partial charge in [-0.2, -0.15) is 0 Å². The summed E-state index contributed by atoms with van der Waals surface area (Å²) < 4.78 is 14.3. The number of hydrogen-bond acceptors (Lipinski definition) is 0. The fourth-order valence-electron chi connectivity index (χ4n) is 2.90. The van der Waals surface area contributed by atoms with Crippen LogP contribution in [0.2, 0.25) is 0 Å². The summed E-state index contributed by atoms with van der Waals surface area (Å²) in [7, 11) is 0. The normalized spacial score (nSPS) is 10.1. The van der Waals surface area contributed by atoms with E-state index in [9.17, 15) is 4.39 Å². The smallest absolute Gasteiger partial charge is 0.139 e. The molecule has 3 rings (SSSR count). The first-order valence-corrected chi connectivity index (χ1v) is 8.66. The Hall–Kier alpha value is -3.11. The van der Waals surface area contributed by atoms with Crippen molar-refractivity contribution in [1.29, 1.82) is 0 Å². The maximum absolute atomic E-state index is 14.3. The largest absolute Gasteiger partial charge is 0.206 e. The maximum atomic E-state index is 14.3. The van der Waals surface area contributed by atoms with E-state index in [1.54, 1.807) is 6.08 Å². The molecule has 0 amide bonds. The topological polar surface area (TPSA) is 0 Å². The first-order valence-electron chi connectivity index (χ1n) is 8.66. The van der Waals surface area contributed by atoms with Crippen LogP contribution >= 0.6 is 0 Å². The van der Waals surface area contributed by atoms with Crippen molar-refractivity contribution >= 4 is 0 Å². The molecule has 0 aliphatic heterocycles. The van der Waals surface area contributed by atoms with Crippen molar-refractivity contribution in [2.24, 2.45) is 0 Å². The van der Waals surface area contributed by atoms with Gasteiger partial charge in [0.25, 0.3) is 0 Å². The Balaban J connectivity index is 1.89. The van der Waals surface area contributed by atoms with E-state index in [4.69, 9.17) is 0 Å². The summed E-state index contributed by atoms with van der Waals surface area (Å²) in [4.78, 5) is 0. The lowest BCUT2D eigenvalue weighted by atomic mass is 10.0. The van der Waals surface area contributed by atoms with Gasteiger partial charge in [-0.3, -0.25) is 0 Å². The molecule has 0 aromatic heterocycles. The highest BCUT2D eigenvalue weighted by molar-refractivity contribution is 5.64. The van der Waals surface area contributed by atoms with Crippen LogP contribution in [0.5, 0.6) is 0 Å². The minimum absolute atomic E-state index is 0.273. The molecule has 0 nitrogen and oxygen atoms in total. The molecule has 0 unspecified atom stereocenters. The second-order valence-electron chi connectivity index (χ2n) is 6.47. The predicted octanol–water partition coefficient (Wildman–Crippen LogP) is 6.24. The Morgan fingerprint density at radius 3 is 2.08 bits per heavy atom. The van der Waals surface area contributed by atoms with Crippen molar-refractivity contribution in [2.45, 2.75) is 20.3 Å². The molecule has 0 N–H and O–H groups in total. The van der Waals surface area contributed by atoms with Gasteiger partial charge in [0.2, 0.25) is 0 Å². The lowest BCUT2D eigenvalue weighted by Crippen LogP contribution is -1.95. The molecule has 128 valence electrons. The molecule has 0 saturated heterocycles. The summed E-state index contributed by atoms with van der Waals surface area (Å²) in [6.07, 6.45) is 2.38. The van der Waals surface area contributed by atoms with E-state index in [-0.39, 0.29) is 5.82 Å². The third-order valence-corrected chi connectivity index (χ3v) is 4.28. The minimum Gasteiger partial charge on any atom is -0.206 e. The highest BCUT2D eigenvalue weighted by atomic mass is 19.1. The average molecular weight is 340 g/mol. The molecule has 0 atom stereocenters. The van der Waals surface area contributed by atoms with Gasteiger partial charge in [0.1, 0.15) is 5.82 Å². The Labute approximate surface area is 155 Å². The highest BCUT2D eigenvalue weighted by Crippen LogP contribution is 2.20. The average Bonchev–Trinajstić information content (AvgIpc) is 2.62. The fraction of sp³-hybridized carbons (Fsp3) is 0.120. The Kier molecular flexibility index (Phi) is 5.34. The molecule has 0 aliphatic carbocycles. The van der Waals surface area contributed by atoms with Crippen molar-refractivity contribution in [2.75, 3.05) is 0 Å². The van der Waals surface area contributed by atoms with Gasteiger partial charge < -0.3 is 0 Å². The van der Waals surface area contributed by atoms with E-state index < -0.39 is 0 Å². The Morgan fingerprint density at radius 2 is 1.46 bits per heavy atom. The molecule has 3 aromatic carbocycles. The number of rotatable bonds is 3. The van der Waals surface area contributed by atoms with Gasteiger partial charge in [0.15, 0.2) is 0 Å². The number of allylic oxidation sites excluding steroid dienone is 1. The zero-order valence-corrected chi connectivity index (χ0v) is 15.1. The van der Waals surface area contributed by atoms with Gasteiger partial charge in [-0.05, 0) is 60.7 Å². The van der Waals surface area contributed by atoms with E-state index in [0.717, 1.165) is 22.3 Å². The van der Waals surface area contributed by atoms with Crippen LogP contribution < -0.4 is 0 Å². The molecule has 1 heteroatoms. The molecule has 0 saturated carbocycles. The second-order valence-corrected chi connectivity index (χ2v) is 6.47. The van der Waals surface area contributed by atoms with Gasteiger partial charge in [0, 0.05) is 5.56 Å². The zero-order valence-electron chi connectivity index (χ0n) is 15.1. The van der Waals surface area contributed by atoms with Crippen LogP contribution in [0.25, 0.3) is 11.1 Å². The summed E-state index contributed by atoms with van der Waals surface area (Å²) >= 11 is 0. The molecule has 3 aromatic rings. The first-order chi connectivity index (χ1) is 12.6. The fourth-order valence-corrected chi connectivity index (χ4v) is 2.90. The molecule has 0 radical (unpaired) electrons. The SMILES string of the molecule is C=CCc1cc(C)cc(F)c1C#Cc1ccc(-c2ccc(C)cc2)cc1. The molecule has 0 heterocycles. The lowest BCUT2D eigenvalue weighted by Gasteiger charge is -2.05. The number of aryl methyl sites for hydroxylation is 2. The van der Waals surface area contributed by atoms with Crippen molar-refractivity contribution in [1.82, 2.24) is 0 Å². The highest BCUT2D eigenvalue weighted by Gasteiger charge is 2.06. The third-order valence-electron chi connectivity index (χ3n) is 4.28. The van der Waals surface area contributed by atoms with Crippen LogP contribution in [0.4, 0.5) is 4.39 Å². The third kappa shape index (κ3) is 4.10. The summed E-state index contributed by atoms with van der Waals surface area (Å²) in [5.74, 6) is 5.81. The number of benzene rings is 3. The van der Waals surface area contributed by atoms with Crippen molar-refractivity contribution < 1.29 is 4.39 Å². The van der Waals surface area contributed by atoms with Crippen LogP contribution in [0.1, 0.15) is 27.8 Å².